The van der Waals surface area contributed by atoms with Crippen LogP contribution in [0.2, 0.25) is 0 Å². The van der Waals surface area contributed by atoms with Gasteiger partial charge in [0.2, 0.25) is 0 Å². The van der Waals surface area contributed by atoms with E-state index in [4.69, 9.17) is 0 Å². The highest BCUT2D eigenvalue weighted by molar-refractivity contribution is 7.69. The third kappa shape index (κ3) is 5.56. The zero-order valence-corrected chi connectivity index (χ0v) is 22.6. The van der Waals surface area contributed by atoms with Crippen LogP contribution in [0.25, 0.3) is 22.0 Å². The molecule has 1 aromatic carbocycles. The molecule has 4 aromatic rings. The van der Waals surface area contributed by atoms with E-state index in [1.54, 1.807) is 36.1 Å². The zero-order chi connectivity index (χ0) is 26.2. The molecule has 0 spiro atoms. The van der Waals surface area contributed by atoms with Gasteiger partial charge in [0.25, 0.3) is 5.91 Å². The van der Waals surface area contributed by atoms with E-state index in [1.807, 2.05) is 31.1 Å². The number of pyridine rings is 1. The van der Waals surface area contributed by atoms with E-state index in [2.05, 4.69) is 25.2 Å². The number of rotatable bonds is 6. The molecule has 4 heterocycles. The summed E-state index contributed by atoms with van der Waals surface area (Å²) >= 11 is 1.36. The van der Waals surface area contributed by atoms with E-state index in [9.17, 15) is 14.1 Å². The van der Waals surface area contributed by atoms with Crippen LogP contribution in [0.4, 0.5) is 15.9 Å². The van der Waals surface area contributed by atoms with Crippen molar-refractivity contribution in [3.05, 3.63) is 65.8 Å². The maximum atomic E-state index is 13.5. The van der Waals surface area contributed by atoms with Gasteiger partial charge in [0.15, 0.2) is 0 Å². The number of amides is 1. The number of anilines is 2. The number of nitrogens with one attached hydrogen (secondary N) is 1. The molecule has 0 unspecified atom stereocenters. The third-order valence-corrected chi connectivity index (χ3v) is 9.64. The maximum absolute atomic E-state index is 13.5. The van der Waals surface area contributed by atoms with E-state index < -0.39 is 7.49 Å². The predicted molar refractivity (Wildman–Crippen MR) is 148 cm³/mol. The first-order valence-electron chi connectivity index (χ1n) is 12.1. The normalized spacial score (nSPS) is 15.2. The SMILES string of the molecule is CC(C)n1cnc(-c2ccc(F)cc2)c1-c1nc(C(=O)Nc2ccc(N3CC[P+](C)(O)CC3)cn2)cs1. The number of hydrogen-bond acceptors (Lipinski definition) is 7. The van der Waals surface area contributed by atoms with Crippen LogP contribution in [0.1, 0.15) is 30.4 Å². The number of carbonyl (C=O) groups excluding carboxylic acids is 1. The van der Waals surface area contributed by atoms with Gasteiger partial charge < -0.3 is 14.8 Å². The average Bonchev–Trinajstić information content (AvgIpc) is 3.53. The second kappa shape index (κ2) is 10.3. The van der Waals surface area contributed by atoms with Gasteiger partial charge in [-0.25, -0.2) is 19.3 Å². The molecule has 0 radical (unpaired) electrons. The van der Waals surface area contributed by atoms with Gasteiger partial charge in [-0.05, 0) is 50.2 Å². The van der Waals surface area contributed by atoms with Crippen LogP contribution in [-0.4, -0.2) is 62.4 Å². The van der Waals surface area contributed by atoms with E-state index in [-0.39, 0.29) is 23.5 Å². The number of benzene rings is 1. The second-order valence-electron chi connectivity index (χ2n) is 9.62. The third-order valence-electron chi connectivity index (χ3n) is 6.47. The maximum Gasteiger partial charge on any atom is 0.276 e. The van der Waals surface area contributed by atoms with Crippen molar-refractivity contribution in [1.82, 2.24) is 19.5 Å². The Morgan fingerprint density at radius 3 is 2.51 bits per heavy atom. The van der Waals surface area contributed by atoms with Gasteiger partial charge in [-0.15, -0.1) is 11.3 Å². The number of hydrogen-bond donors (Lipinski definition) is 2. The Bertz CT molecular complexity index is 1390. The van der Waals surface area contributed by atoms with Crippen molar-refractivity contribution in [3.63, 3.8) is 0 Å². The van der Waals surface area contributed by atoms with Crippen LogP contribution >= 0.6 is 18.8 Å². The fourth-order valence-electron chi connectivity index (χ4n) is 4.25. The van der Waals surface area contributed by atoms with E-state index in [0.29, 0.717) is 16.5 Å². The highest BCUT2D eigenvalue weighted by Gasteiger charge is 2.34. The number of halogens is 1. The highest BCUT2D eigenvalue weighted by Crippen LogP contribution is 2.52. The molecule has 1 amide bonds. The van der Waals surface area contributed by atoms with Crippen LogP contribution in [0.5, 0.6) is 0 Å². The zero-order valence-electron chi connectivity index (χ0n) is 20.9. The first kappa shape index (κ1) is 25.4. The van der Waals surface area contributed by atoms with Crippen molar-refractivity contribution < 1.29 is 14.1 Å². The molecule has 0 saturated carbocycles. The first-order valence-corrected chi connectivity index (χ1v) is 15.5. The molecule has 5 rings (SSSR count). The molecule has 0 atom stereocenters. The molecule has 1 aliphatic rings. The Labute approximate surface area is 219 Å². The van der Waals surface area contributed by atoms with Crippen molar-refractivity contribution in [1.29, 1.82) is 0 Å². The summed E-state index contributed by atoms with van der Waals surface area (Å²) in [6.45, 7) is 7.69. The van der Waals surface area contributed by atoms with Crippen molar-refractivity contribution in [2.75, 3.05) is 42.3 Å². The summed E-state index contributed by atoms with van der Waals surface area (Å²) < 4.78 is 15.5. The van der Waals surface area contributed by atoms with Crippen molar-refractivity contribution in [2.45, 2.75) is 19.9 Å². The minimum atomic E-state index is -1.75. The molecular formula is C26H29FN6O2PS+. The minimum Gasteiger partial charge on any atom is -0.363 e. The lowest BCUT2D eigenvalue weighted by atomic mass is 10.1. The lowest BCUT2D eigenvalue weighted by molar-refractivity contribution is 0.102. The minimum absolute atomic E-state index is 0.119. The number of carbonyl (C=O) groups is 1. The second-order valence-corrected chi connectivity index (χ2v) is 14.0. The molecular weight excluding hydrogens is 510 g/mol. The van der Waals surface area contributed by atoms with Gasteiger partial charge in [0, 0.05) is 17.0 Å². The number of imidazole rings is 1. The van der Waals surface area contributed by atoms with E-state index in [1.165, 1.54) is 23.5 Å². The number of thiazole rings is 1. The standard InChI is InChI=1S/C26H28FN6O2PS/c1-17(2)33-16-29-23(18-4-6-19(27)7-5-18)24(33)26-30-21(15-37-26)25(34)31-22-9-8-20(14-28-22)32-10-12-36(3,35)13-11-32/h4-9,14-17,35H,10-13H2,1-3H3/p+1. The molecule has 0 aliphatic carbocycles. The lowest BCUT2D eigenvalue weighted by Crippen LogP contribution is -2.36. The summed E-state index contributed by atoms with van der Waals surface area (Å²) in [6.07, 6.45) is 5.12. The topological polar surface area (TPSA) is 96.2 Å². The van der Waals surface area contributed by atoms with Crippen LogP contribution in [0.3, 0.4) is 0 Å². The Balaban J connectivity index is 1.33. The number of aromatic nitrogens is 4. The molecule has 1 fully saturated rings. The molecule has 37 heavy (non-hydrogen) atoms. The van der Waals surface area contributed by atoms with Gasteiger partial charge in [0.1, 0.15) is 47.8 Å². The van der Waals surface area contributed by atoms with Gasteiger partial charge in [-0.1, -0.05) is 0 Å². The fourth-order valence-corrected chi connectivity index (χ4v) is 6.67. The largest absolute Gasteiger partial charge is 0.363 e. The fraction of sp³-hybridized carbons (Fsp3) is 0.308. The van der Waals surface area contributed by atoms with Gasteiger partial charge >= 0.3 is 0 Å². The van der Waals surface area contributed by atoms with Crippen molar-refractivity contribution in [3.8, 4) is 22.0 Å². The van der Waals surface area contributed by atoms with Gasteiger partial charge in [-0.3, -0.25) is 9.69 Å². The highest BCUT2D eigenvalue weighted by atomic mass is 32.1. The Kier molecular flexibility index (Phi) is 7.07. The van der Waals surface area contributed by atoms with Crippen LogP contribution < -0.4 is 10.2 Å². The Hall–Kier alpha value is -3.20. The lowest BCUT2D eigenvalue weighted by Gasteiger charge is -2.31. The van der Waals surface area contributed by atoms with Crippen molar-refractivity contribution in [2.24, 2.45) is 0 Å². The van der Waals surface area contributed by atoms with Crippen LogP contribution in [0.15, 0.2) is 54.3 Å². The average molecular weight is 540 g/mol. The summed E-state index contributed by atoms with van der Waals surface area (Å²) in [5, 5.41) is 5.20. The molecule has 2 N–H and O–H groups in total. The first-order chi connectivity index (χ1) is 17.7. The summed E-state index contributed by atoms with van der Waals surface area (Å²) in [5.41, 5.74) is 3.52. The van der Waals surface area contributed by atoms with Crippen molar-refractivity contribution >= 4 is 36.2 Å². The van der Waals surface area contributed by atoms with Gasteiger partial charge in [-0.2, -0.15) is 0 Å². The van der Waals surface area contributed by atoms with Gasteiger partial charge in [0.05, 0.1) is 43.7 Å². The van der Waals surface area contributed by atoms with E-state index >= 15 is 0 Å². The molecule has 8 nitrogen and oxygen atoms in total. The van der Waals surface area contributed by atoms with Crippen LogP contribution in [0, 0.1) is 5.82 Å². The molecule has 192 valence electrons. The monoisotopic (exact) mass is 539 g/mol. The summed E-state index contributed by atoms with van der Waals surface area (Å²) in [4.78, 5) is 39.0. The smallest absolute Gasteiger partial charge is 0.276 e. The van der Waals surface area contributed by atoms with E-state index in [0.717, 1.165) is 42.4 Å². The Morgan fingerprint density at radius 2 is 1.86 bits per heavy atom. The predicted octanol–water partition coefficient (Wildman–Crippen LogP) is 5.42. The summed E-state index contributed by atoms with van der Waals surface area (Å²) in [7, 11) is -1.75. The molecule has 0 bridgehead atoms. The number of nitrogens with zero attached hydrogens (tertiary/aromatic N) is 5. The molecule has 1 aliphatic heterocycles. The Morgan fingerprint density at radius 1 is 1.14 bits per heavy atom. The van der Waals surface area contributed by atoms with Crippen LogP contribution in [-0.2, 0) is 0 Å². The molecule has 11 heteroatoms. The molecule has 1 saturated heterocycles. The quantitative estimate of drug-likeness (QED) is 0.318. The molecule has 3 aromatic heterocycles. The summed E-state index contributed by atoms with van der Waals surface area (Å²) in [6, 6.07) is 10.0. The summed E-state index contributed by atoms with van der Waals surface area (Å²) in [5.74, 6) is -0.214.